The maximum absolute atomic E-state index is 13.0. The Morgan fingerprint density at radius 1 is 1.20 bits per heavy atom. The fourth-order valence-corrected chi connectivity index (χ4v) is 3.91. The normalized spacial score (nSPS) is 26.5. The summed E-state index contributed by atoms with van der Waals surface area (Å²) in [5, 5.41) is 9.89. The lowest BCUT2D eigenvalue weighted by Gasteiger charge is -2.50. The molecule has 3 N–H and O–H groups in total. The molecular weight excluding hydrogens is 334 g/mol. The second kappa shape index (κ2) is 6.04. The highest BCUT2D eigenvalue weighted by atomic mass is 32.1. The smallest absolute Gasteiger partial charge is 0.231 e. The van der Waals surface area contributed by atoms with Gasteiger partial charge in [0.1, 0.15) is 11.7 Å². The summed E-state index contributed by atoms with van der Waals surface area (Å²) in [5.74, 6) is 0.246. The van der Waals surface area contributed by atoms with Gasteiger partial charge in [0.2, 0.25) is 5.91 Å². The Morgan fingerprint density at radius 3 is 2.72 bits per heavy atom. The monoisotopic (exact) mass is 353 g/mol. The van der Waals surface area contributed by atoms with E-state index in [1.807, 2.05) is 61.5 Å². The van der Waals surface area contributed by atoms with Gasteiger partial charge in [-0.05, 0) is 30.8 Å². The third-order valence-electron chi connectivity index (χ3n) is 4.74. The van der Waals surface area contributed by atoms with Crippen molar-refractivity contribution in [3.63, 3.8) is 0 Å². The number of thiocarbonyl (C=S) groups is 1. The van der Waals surface area contributed by atoms with Gasteiger partial charge in [0.05, 0.1) is 6.04 Å². The van der Waals surface area contributed by atoms with E-state index in [9.17, 15) is 4.79 Å². The Hall–Kier alpha value is -2.60. The molecule has 25 heavy (non-hydrogen) atoms. The second-order valence-electron chi connectivity index (χ2n) is 6.50. The molecule has 1 fully saturated rings. The average molecular weight is 353 g/mol. The van der Waals surface area contributed by atoms with Crippen LogP contribution >= 0.6 is 12.2 Å². The molecule has 0 radical (unpaired) electrons. The van der Waals surface area contributed by atoms with Crippen LogP contribution in [0.25, 0.3) is 0 Å². The number of carbonyl (C=O) groups is 1. The molecule has 2 bridgehead atoms. The van der Waals surface area contributed by atoms with E-state index < -0.39 is 11.6 Å². The summed E-state index contributed by atoms with van der Waals surface area (Å²) in [7, 11) is 0. The first-order valence-corrected chi connectivity index (χ1v) is 8.66. The van der Waals surface area contributed by atoms with Gasteiger partial charge in [-0.3, -0.25) is 4.79 Å². The molecule has 0 saturated carbocycles. The first kappa shape index (κ1) is 15.9. The predicted molar refractivity (Wildman–Crippen MR) is 98.9 cm³/mol. The maximum atomic E-state index is 13.0. The number of benzene rings is 2. The van der Waals surface area contributed by atoms with Gasteiger partial charge in [-0.25, -0.2) is 0 Å². The minimum Gasteiger partial charge on any atom is -0.467 e. The highest BCUT2D eigenvalue weighted by molar-refractivity contribution is 7.80. The van der Waals surface area contributed by atoms with Crippen LogP contribution in [0.15, 0.2) is 54.6 Å². The van der Waals surface area contributed by atoms with Crippen molar-refractivity contribution in [3.8, 4) is 5.75 Å². The van der Waals surface area contributed by atoms with Crippen LogP contribution in [0.3, 0.4) is 0 Å². The first-order chi connectivity index (χ1) is 12.1. The Bertz CT molecular complexity index is 826. The molecule has 0 aliphatic carbocycles. The van der Waals surface area contributed by atoms with E-state index in [4.69, 9.17) is 17.0 Å². The summed E-state index contributed by atoms with van der Waals surface area (Å²) in [6.45, 7) is 2.35. The van der Waals surface area contributed by atoms with Gasteiger partial charge in [0, 0.05) is 12.1 Å². The fourth-order valence-electron chi connectivity index (χ4n) is 3.58. The number of carbonyl (C=O) groups excluding carboxylic acids is 1. The summed E-state index contributed by atoms with van der Waals surface area (Å²) in [6.07, 6.45) is 0. The zero-order valence-corrected chi connectivity index (χ0v) is 14.6. The predicted octanol–water partition coefficient (Wildman–Crippen LogP) is 2.25. The third kappa shape index (κ3) is 2.82. The van der Waals surface area contributed by atoms with Crippen LogP contribution in [-0.2, 0) is 11.3 Å². The summed E-state index contributed by atoms with van der Waals surface area (Å²) in [6, 6.07) is 17.4. The minimum absolute atomic E-state index is 0.0756. The van der Waals surface area contributed by atoms with Crippen molar-refractivity contribution in [2.24, 2.45) is 5.92 Å². The van der Waals surface area contributed by atoms with Crippen LogP contribution in [0, 0.1) is 5.92 Å². The zero-order valence-electron chi connectivity index (χ0n) is 13.8. The van der Waals surface area contributed by atoms with Crippen LogP contribution < -0.4 is 20.7 Å². The standard InChI is InChI=1S/C19H19N3O2S/c1-19-15(17(23)20-11-12-7-3-2-4-8-12)16(21-18(25)22-19)13-9-5-6-10-14(13)24-19/h2-10,15-16H,11H2,1H3,(H,20,23)(H2,21,22,25)/t15-,16-,19+/m0/s1. The number of fused-ring (bicyclic) bond motifs is 4. The van der Waals surface area contributed by atoms with E-state index in [0.717, 1.165) is 16.9 Å². The van der Waals surface area contributed by atoms with E-state index >= 15 is 0 Å². The number of amides is 1. The molecule has 5 nitrogen and oxygen atoms in total. The van der Waals surface area contributed by atoms with Crippen molar-refractivity contribution in [2.45, 2.75) is 25.2 Å². The summed E-state index contributed by atoms with van der Waals surface area (Å²) < 4.78 is 6.15. The summed E-state index contributed by atoms with van der Waals surface area (Å²) in [5.41, 5.74) is 1.12. The van der Waals surface area contributed by atoms with Gasteiger partial charge in [0.15, 0.2) is 10.8 Å². The van der Waals surface area contributed by atoms with Crippen molar-refractivity contribution in [1.82, 2.24) is 16.0 Å². The molecule has 0 unspecified atom stereocenters. The van der Waals surface area contributed by atoms with Crippen LogP contribution in [0.1, 0.15) is 24.1 Å². The molecule has 1 saturated heterocycles. The van der Waals surface area contributed by atoms with E-state index in [2.05, 4.69) is 16.0 Å². The van der Waals surface area contributed by atoms with Gasteiger partial charge >= 0.3 is 0 Å². The molecule has 2 aromatic rings. The lowest BCUT2D eigenvalue weighted by Crippen LogP contribution is -2.70. The molecule has 3 atom stereocenters. The molecule has 2 aliphatic rings. The molecule has 6 heteroatoms. The molecule has 0 spiro atoms. The molecule has 2 aromatic carbocycles. The van der Waals surface area contributed by atoms with Crippen LogP contribution in [0.5, 0.6) is 5.75 Å². The molecule has 2 heterocycles. The van der Waals surface area contributed by atoms with Crippen molar-refractivity contribution in [3.05, 3.63) is 65.7 Å². The van der Waals surface area contributed by atoms with Gasteiger partial charge in [0.25, 0.3) is 0 Å². The maximum Gasteiger partial charge on any atom is 0.231 e. The number of nitrogens with one attached hydrogen (secondary N) is 3. The van der Waals surface area contributed by atoms with Crippen LogP contribution in [0.4, 0.5) is 0 Å². The quantitative estimate of drug-likeness (QED) is 0.739. The van der Waals surface area contributed by atoms with Gasteiger partial charge in [-0.15, -0.1) is 0 Å². The van der Waals surface area contributed by atoms with Crippen molar-refractivity contribution in [2.75, 3.05) is 0 Å². The van der Waals surface area contributed by atoms with Gasteiger partial charge in [-0.1, -0.05) is 48.5 Å². The topological polar surface area (TPSA) is 62.4 Å². The van der Waals surface area contributed by atoms with E-state index in [0.29, 0.717) is 11.7 Å². The lowest BCUT2D eigenvalue weighted by molar-refractivity contribution is -0.138. The SMILES string of the molecule is C[C@@]12NC(=S)N[C@@H](c3ccccc3O1)[C@H]2C(=O)NCc1ccccc1. The Balaban J connectivity index is 1.62. The van der Waals surface area contributed by atoms with E-state index in [1.54, 1.807) is 0 Å². The number of para-hydroxylation sites is 1. The average Bonchev–Trinajstić information content (AvgIpc) is 2.59. The zero-order chi connectivity index (χ0) is 17.4. The Kier molecular flexibility index (Phi) is 3.84. The molecular formula is C19H19N3O2S. The molecule has 1 amide bonds. The lowest BCUT2D eigenvalue weighted by atomic mass is 9.80. The minimum atomic E-state index is -0.887. The molecule has 128 valence electrons. The number of ether oxygens (including phenoxy) is 1. The van der Waals surface area contributed by atoms with Gasteiger partial charge < -0.3 is 20.7 Å². The van der Waals surface area contributed by atoms with Crippen LogP contribution in [-0.4, -0.2) is 16.7 Å². The summed E-state index contributed by atoms with van der Waals surface area (Å²) in [4.78, 5) is 13.0. The largest absolute Gasteiger partial charge is 0.467 e. The molecule has 4 rings (SSSR count). The van der Waals surface area contributed by atoms with Crippen LogP contribution in [0.2, 0.25) is 0 Å². The number of hydrogen-bond acceptors (Lipinski definition) is 3. The number of rotatable bonds is 3. The van der Waals surface area contributed by atoms with Crippen molar-refractivity contribution < 1.29 is 9.53 Å². The molecule has 0 aromatic heterocycles. The van der Waals surface area contributed by atoms with Crippen molar-refractivity contribution >= 4 is 23.2 Å². The third-order valence-corrected chi connectivity index (χ3v) is 4.96. The first-order valence-electron chi connectivity index (χ1n) is 8.25. The Labute approximate surface area is 151 Å². The Morgan fingerprint density at radius 2 is 1.92 bits per heavy atom. The highest BCUT2D eigenvalue weighted by Gasteiger charge is 2.54. The van der Waals surface area contributed by atoms with E-state index in [-0.39, 0.29) is 11.9 Å². The van der Waals surface area contributed by atoms with E-state index in [1.165, 1.54) is 0 Å². The van der Waals surface area contributed by atoms with Crippen molar-refractivity contribution in [1.29, 1.82) is 0 Å². The van der Waals surface area contributed by atoms with Gasteiger partial charge in [-0.2, -0.15) is 0 Å². The second-order valence-corrected chi connectivity index (χ2v) is 6.91. The fraction of sp³-hybridized carbons (Fsp3) is 0.263. The molecule has 2 aliphatic heterocycles. The summed E-state index contributed by atoms with van der Waals surface area (Å²) >= 11 is 5.31. The highest BCUT2D eigenvalue weighted by Crippen LogP contribution is 2.44. The number of hydrogen-bond donors (Lipinski definition) is 3.